The molecule has 178 valence electrons. The summed E-state index contributed by atoms with van der Waals surface area (Å²) in [5.41, 5.74) is 14.3. The van der Waals surface area contributed by atoms with Crippen LogP contribution in [0.5, 0.6) is 0 Å². The molecule has 0 aliphatic heterocycles. The van der Waals surface area contributed by atoms with E-state index in [9.17, 15) is 9.90 Å². The van der Waals surface area contributed by atoms with E-state index in [-0.39, 0.29) is 28.4 Å². The molecule has 1 atom stereocenters. The second-order valence-electron chi connectivity index (χ2n) is 8.65. The van der Waals surface area contributed by atoms with E-state index >= 15 is 0 Å². The molecule has 4 rings (SSSR count). The molecule has 1 aromatic heterocycles. The average molecular weight is 481 g/mol. The molecule has 3 aromatic rings. The predicted octanol–water partition coefficient (Wildman–Crippen LogP) is 3.91. The van der Waals surface area contributed by atoms with Gasteiger partial charge in [0.25, 0.3) is 5.56 Å². The van der Waals surface area contributed by atoms with Crippen molar-refractivity contribution in [1.29, 1.82) is 5.41 Å². The Kier molecular flexibility index (Phi) is 7.19. The zero-order valence-corrected chi connectivity index (χ0v) is 19.6. The third-order valence-corrected chi connectivity index (χ3v) is 6.46. The summed E-state index contributed by atoms with van der Waals surface area (Å²) in [6.07, 6.45) is 3.40. The summed E-state index contributed by atoms with van der Waals surface area (Å²) in [5, 5.41) is 21.6. The summed E-state index contributed by atoms with van der Waals surface area (Å²) in [4.78, 5) is 17.8. The summed E-state index contributed by atoms with van der Waals surface area (Å²) in [5.74, 6) is 0.234. The molecule has 1 unspecified atom stereocenters. The van der Waals surface area contributed by atoms with Crippen LogP contribution in [-0.2, 0) is 6.54 Å². The van der Waals surface area contributed by atoms with Gasteiger partial charge in [0.2, 0.25) is 0 Å². The summed E-state index contributed by atoms with van der Waals surface area (Å²) in [6, 6.07) is 14.4. The summed E-state index contributed by atoms with van der Waals surface area (Å²) in [7, 11) is 0. The fraction of sp³-hybridized carbons (Fsp3) is 0.320. The number of amidine groups is 1. The minimum atomic E-state index is -0.711. The van der Waals surface area contributed by atoms with E-state index in [4.69, 9.17) is 28.5 Å². The number of nitrogens with one attached hydrogen (secondary N) is 2. The Morgan fingerprint density at radius 2 is 2.00 bits per heavy atom. The van der Waals surface area contributed by atoms with Crippen molar-refractivity contribution < 1.29 is 5.11 Å². The minimum absolute atomic E-state index is 0.0182. The van der Waals surface area contributed by atoms with Gasteiger partial charge in [-0.1, -0.05) is 48.0 Å². The van der Waals surface area contributed by atoms with Crippen LogP contribution in [0.25, 0.3) is 11.3 Å². The molecule has 34 heavy (non-hydrogen) atoms. The molecule has 7 N–H and O–H groups in total. The molecule has 8 nitrogen and oxygen atoms in total. The van der Waals surface area contributed by atoms with Crippen molar-refractivity contribution in [3.63, 3.8) is 0 Å². The van der Waals surface area contributed by atoms with Crippen LogP contribution in [0.2, 0.25) is 5.15 Å². The van der Waals surface area contributed by atoms with Gasteiger partial charge in [0.05, 0.1) is 11.8 Å². The number of halogens is 1. The van der Waals surface area contributed by atoms with Gasteiger partial charge in [0, 0.05) is 29.4 Å². The molecule has 1 saturated carbocycles. The Labute approximate surface area is 203 Å². The smallest absolute Gasteiger partial charge is 0.293 e. The maximum Gasteiger partial charge on any atom is 0.293 e. The van der Waals surface area contributed by atoms with E-state index in [1.54, 1.807) is 41.0 Å². The molecule has 0 amide bonds. The first kappa shape index (κ1) is 23.8. The zero-order chi connectivity index (χ0) is 24.2. The molecule has 1 heterocycles. The van der Waals surface area contributed by atoms with Gasteiger partial charge in [-0.05, 0) is 49.8 Å². The summed E-state index contributed by atoms with van der Waals surface area (Å²) >= 11 is 6.59. The molecule has 1 aliphatic rings. The average Bonchev–Trinajstić information content (AvgIpc) is 2.78. The fourth-order valence-corrected chi connectivity index (χ4v) is 4.34. The Balaban J connectivity index is 1.58. The number of aromatic nitrogens is 2. The fourth-order valence-electron chi connectivity index (χ4n) is 4.05. The number of nitrogen functional groups attached to an aromatic ring is 2. The van der Waals surface area contributed by atoms with Gasteiger partial charge >= 0.3 is 0 Å². The first-order valence-electron chi connectivity index (χ1n) is 11.4. The molecule has 0 saturated heterocycles. The quantitative estimate of drug-likeness (QED) is 0.178. The number of benzene rings is 2. The second-order valence-corrected chi connectivity index (χ2v) is 9.01. The number of hydrogen-bond donors (Lipinski definition) is 5. The highest BCUT2D eigenvalue weighted by atomic mass is 35.5. The van der Waals surface area contributed by atoms with Gasteiger partial charge < -0.3 is 26.5 Å². The van der Waals surface area contributed by atoms with Crippen LogP contribution in [0.15, 0.2) is 53.3 Å². The maximum atomic E-state index is 13.4. The Bertz CT molecular complexity index is 1240. The highest BCUT2D eigenvalue weighted by Crippen LogP contribution is 2.29. The van der Waals surface area contributed by atoms with E-state index < -0.39 is 6.10 Å². The van der Waals surface area contributed by atoms with Gasteiger partial charge in [-0.15, -0.1) is 0 Å². The van der Waals surface area contributed by atoms with Crippen LogP contribution < -0.4 is 22.3 Å². The lowest BCUT2D eigenvalue weighted by atomic mass is 9.93. The number of rotatable bonds is 9. The highest BCUT2D eigenvalue weighted by molar-refractivity contribution is 6.32. The van der Waals surface area contributed by atoms with Gasteiger partial charge in [-0.2, -0.15) is 0 Å². The van der Waals surface area contributed by atoms with Gasteiger partial charge in [0.15, 0.2) is 11.0 Å². The topological polar surface area (TPSA) is 143 Å². The third kappa shape index (κ3) is 5.24. The van der Waals surface area contributed by atoms with Crippen molar-refractivity contribution in [3.8, 4) is 11.3 Å². The van der Waals surface area contributed by atoms with E-state index in [1.165, 1.54) is 0 Å². The lowest BCUT2D eigenvalue weighted by Crippen LogP contribution is -2.34. The van der Waals surface area contributed by atoms with Crippen molar-refractivity contribution in [2.75, 3.05) is 11.1 Å². The molecule has 0 spiro atoms. The van der Waals surface area contributed by atoms with Crippen LogP contribution >= 0.6 is 11.6 Å². The molecule has 9 heteroatoms. The van der Waals surface area contributed by atoms with Crippen molar-refractivity contribution in [3.05, 3.63) is 75.2 Å². The van der Waals surface area contributed by atoms with Crippen LogP contribution in [0, 0.1) is 5.41 Å². The monoisotopic (exact) mass is 480 g/mol. The zero-order valence-electron chi connectivity index (χ0n) is 18.8. The number of aliphatic hydroxyl groups is 1. The number of hydrogen-bond acceptors (Lipinski definition) is 6. The van der Waals surface area contributed by atoms with E-state index in [0.29, 0.717) is 41.9 Å². The molecule has 1 fully saturated rings. The number of aliphatic hydroxyl groups excluding tert-OH is 1. The number of anilines is 2. The van der Waals surface area contributed by atoms with E-state index in [1.807, 2.05) is 12.1 Å². The Morgan fingerprint density at radius 1 is 1.26 bits per heavy atom. The van der Waals surface area contributed by atoms with Crippen LogP contribution in [0.1, 0.15) is 49.3 Å². The molecular formula is C25H29ClN6O2. The normalized spacial score (nSPS) is 14.4. The van der Waals surface area contributed by atoms with Crippen molar-refractivity contribution in [2.45, 2.75) is 50.8 Å². The SMILES string of the molecule is N=C(N)c1ccc(C(O)CCCn2c(-c3cccc(N)c3)c(Cl)nc(NC3CCC3)c2=O)cc1. The lowest BCUT2D eigenvalue weighted by Gasteiger charge is -2.27. The largest absolute Gasteiger partial charge is 0.399 e. The Hall–Kier alpha value is -3.36. The van der Waals surface area contributed by atoms with Gasteiger partial charge in [-0.3, -0.25) is 10.2 Å². The number of nitrogens with two attached hydrogens (primary N) is 2. The summed E-state index contributed by atoms with van der Waals surface area (Å²) in [6.45, 7) is 0.354. The van der Waals surface area contributed by atoms with Crippen molar-refractivity contribution in [2.24, 2.45) is 5.73 Å². The lowest BCUT2D eigenvalue weighted by molar-refractivity contribution is 0.162. The Morgan fingerprint density at radius 3 is 2.62 bits per heavy atom. The van der Waals surface area contributed by atoms with Crippen LogP contribution in [-0.4, -0.2) is 26.5 Å². The third-order valence-electron chi connectivity index (χ3n) is 6.19. The highest BCUT2D eigenvalue weighted by Gasteiger charge is 2.22. The molecular weight excluding hydrogens is 452 g/mol. The first-order chi connectivity index (χ1) is 16.3. The standard InChI is InChI=1S/C25H29ClN6O2/c26-22-21(17-4-1-5-18(27)14-17)32(25(34)24(31-22)30-19-6-2-7-19)13-3-8-20(33)15-9-11-16(12-10-15)23(28)29/h1,4-5,9-12,14,19-20,33H,2-3,6-8,13,27H2,(H3,28,29)(H,30,31). The van der Waals surface area contributed by atoms with Crippen molar-refractivity contribution >= 4 is 28.9 Å². The van der Waals surface area contributed by atoms with Gasteiger partial charge in [-0.25, -0.2) is 4.98 Å². The molecule has 0 bridgehead atoms. The van der Waals surface area contributed by atoms with E-state index in [0.717, 1.165) is 24.8 Å². The predicted molar refractivity (Wildman–Crippen MR) is 136 cm³/mol. The maximum absolute atomic E-state index is 13.4. The molecule has 0 radical (unpaired) electrons. The van der Waals surface area contributed by atoms with Crippen LogP contribution in [0.3, 0.4) is 0 Å². The second kappa shape index (κ2) is 10.3. The minimum Gasteiger partial charge on any atom is -0.399 e. The van der Waals surface area contributed by atoms with Gasteiger partial charge in [0.1, 0.15) is 5.84 Å². The van der Waals surface area contributed by atoms with Crippen molar-refractivity contribution in [1.82, 2.24) is 9.55 Å². The first-order valence-corrected chi connectivity index (χ1v) is 11.8. The molecule has 1 aliphatic carbocycles. The molecule has 2 aromatic carbocycles. The van der Waals surface area contributed by atoms with E-state index in [2.05, 4.69) is 10.3 Å². The number of nitrogens with zero attached hydrogens (tertiary/aromatic N) is 2. The van der Waals surface area contributed by atoms with Crippen LogP contribution in [0.4, 0.5) is 11.5 Å². The summed E-state index contributed by atoms with van der Waals surface area (Å²) < 4.78 is 1.62.